The maximum atomic E-state index is 9.01. The number of halogens is 3. The van der Waals surface area contributed by atoms with Crippen molar-refractivity contribution < 1.29 is 0 Å². The molecule has 0 saturated heterocycles. The van der Waals surface area contributed by atoms with Crippen LogP contribution in [-0.2, 0) is 0 Å². The van der Waals surface area contributed by atoms with Gasteiger partial charge in [0.05, 0.1) is 32.7 Å². The van der Waals surface area contributed by atoms with Gasteiger partial charge in [0.2, 0.25) is 0 Å². The van der Waals surface area contributed by atoms with E-state index >= 15 is 0 Å². The fourth-order valence-corrected chi connectivity index (χ4v) is 2.72. The topological polar surface area (TPSA) is 35.8 Å². The van der Waals surface area contributed by atoms with Crippen LogP contribution in [0.1, 0.15) is 19.3 Å². The zero-order valence-corrected chi connectivity index (χ0v) is 11.3. The molecule has 1 aliphatic carbocycles. The summed E-state index contributed by atoms with van der Waals surface area (Å²) in [7, 11) is 0. The molecule has 1 saturated carbocycles. The molecule has 1 aromatic carbocycles. The van der Waals surface area contributed by atoms with Gasteiger partial charge in [0.15, 0.2) is 0 Å². The quantitative estimate of drug-likeness (QED) is 0.797. The van der Waals surface area contributed by atoms with Crippen molar-refractivity contribution in [2.24, 2.45) is 5.92 Å². The molecule has 2 nitrogen and oxygen atoms in total. The minimum atomic E-state index is 0.0421. The number of hydrogen-bond acceptors (Lipinski definition) is 2. The molecule has 0 bridgehead atoms. The van der Waals surface area contributed by atoms with Gasteiger partial charge in [0.25, 0.3) is 0 Å². The summed E-state index contributed by atoms with van der Waals surface area (Å²) >= 11 is 17.9. The molecule has 0 amide bonds. The van der Waals surface area contributed by atoms with Gasteiger partial charge in [0, 0.05) is 6.04 Å². The predicted octanol–water partition coefficient (Wildman–Crippen LogP) is 4.75. The normalized spacial score (nSPS) is 23.4. The zero-order chi connectivity index (χ0) is 12.4. The van der Waals surface area contributed by atoms with Gasteiger partial charge in [-0.1, -0.05) is 34.8 Å². The van der Waals surface area contributed by atoms with Crippen LogP contribution in [0.25, 0.3) is 0 Å². The standard InChI is InChI=1S/C12H11Cl3N2/c13-8-4-10(15)12(5-9(8)14)17-11-3-1-2-7(11)6-16/h4-5,7,11,17H,1-3H2. The first kappa shape index (κ1) is 12.8. The van der Waals surface area contributed by atoms with Gasteiger partial charge in [-0.3, -0.25) is 0 Å². The second-order valence-corrected chi connectivity index (χ2v) is 5.39. The fraction of sp³-hybridized carbons (Fsp3) is 0.417. The molecular weight excluding hydrogens is 279 g/mol. The highest BCUT2D eigenvalue weighted by Crippen LogP contribution is 2.35. The van der Waals surface area contributed by atoms with Crippen molar-refractivity contribution >= 4 is 40.5 Å². The summed E-state index contributed by atoms with van der Waals surface area (Å²) in [6.45, 7) is 0. The van der Waals surface area contributed by atoms with Crippen LogP contribution in [0, 0.1) is 17.2 Å². The molecule has 1 aromatic rings. The van der Waals surface area contributed by atoms with E-state index in [1.807, 2.05) is 0 Å². The number of nitrogens with zero attached hydrogens (tertiary/aromatic N) is 1. The third kappa shape index (κ3) is 2.80. The van der Waals surface area contributed by atoms with Crippen LogP contribution in [0.4, 0.5) is 5.69 Å². The van der Waals surface area contributed by atoms with Crippen molar-refractivity contribution in [3.05, 3.63) is 27.2 Å². The van der Waals surface area contributed by atoms with Crippen molar-refractivity contribution in [1.29, 1.82) is 5.26 Å². The first-order valence-corrected chi connectivity index (χ1v) is 6.56. The van der Waals surface area contributed by atoms with E-state index in [2.05, 4.69) is 11.4 Å². The van der Waals surface area contributed by atoms with Crippen molar-refractivity contribution in [2.45, 2.75) is 25.3 Å². The molecular formula is C12H11Cl3N2. The Kier molecular flexibility index (Phi) is 4.04. The van der Waals surface area contributed by atoms with Crippen molar-refractivity contribution in [1.82, 2.24) is 0 Å². The molecule has 1 N–H and O–H groups in total. The van der Waals surface area contributed by atoms with Crippen molar-refractivity contribution in [3.63, 3.8) is 0 Å². The highest BCUT2D eigenvalue weighted by Gasteiger charge is 2.27. The average Bonchev–Trinajstić information content (AvgIpc) is 2.73. The fourth-order valence-electron chi connectivity index (χ4n) is 2.12. The van der Waals surface area contributed by atoms with Crippen LogP contribution in [0.3, 0.4) is 0 Å². The molecule has 5 heteroatoms. The molecule has 17 heavy (non-hydrogen) atoms. The summed E-state index contributed by atoms with van der Waals surface area (Å²) in [5.41, 5.74) is 0.744. The van der Waals surface area contributed by atoms with Crippen LogP contribution in [0.15, 0.2) is 12.1 Å². The number of benzene rings is 1. The molecule has 2 rings (SSSR count). The lowest BCUT2D eigenvalue weighted by Gasteiger charge is -2.18. The van der Waals surface area contributed by atoms with Gasteiger partial charge in [-0.2, -0.15) is 5.26 Å². The van der Waals surface area contributed by atoms with Gasteiger partial charge >= 0.3 is 0 Å². The SMILES string of the molecule is N#CC1CCCC1Nc1cc(Cl)c(Cl)cc1Cl. The predicted molar refractivity (Wildman–Crippen MR) is 71.8 cm³/mol. The second-order valence-electron chi connectivity index (χ2n) is 4.16. The highest BCUT2D eigenvalue weighted by molar-refractivity contribution is 6.44. The molecule has 2 atom stereocenters. The van der Waals surface area contributed by atoms with E-state index in [1.54, 1.807) is 12.1 Å². The lowest BCUT2D eigenvalue weighted by Crippen LogP contribution is -2.22. The Morgan fingerprint density at radius 1 is 1.12 bits per heavy atom. The molecule has 0 spiro atoms. The first-order chi connectivity index (χ1) is 8.11. The molecule has 0 radical (unpaired) electrons. The number of nitriles is 1. The zero-order valence-electron chi connectivity index (χ0n) is 9.01. The summed E-state index contributed by atoms with van der Waals surface area (Å²) in [5, 5.41) is 13.7. The van der Waals surface area contributed by atoms with E-state index in [9.17, 15) is 0 Å². The lowest BCUT2D eigenvalue weighted by molar-refractivity contribution is 0.630. The minimum Gasteiger partial charge on any atom is -0.380 e. The van der Waals surface area contributed by atoms with E-state index in [-0.39, 0.29) is 12.0 Å². The number of rotatable bonds is 2. The molecule has 0 aromatic heterocycles. The van der Waals surface area contributed by atoms with Gasteiger partial charge in [-0.25, -0.2) is 0 Å². The summed E-state index contributed by atoms with van der Waals surface area (Å²) in [5.74, 6) is 0.0421. The maximum Gasteiger partial charge on any atom is 0.0677 e. The van der Waals surface area contributed by atoms with E-state index in [0.717, 1.165) is 24.9 Å². The highest BCUT2D eigenvalue weighted by atomic mass is 35.5. The van der Waals surface area contributed by atoms with E-state index in [1.165, 1.54) is 0 Å². The molecule has 0 heterocycles. The number of nitrogens with one attached hydrogen (secondary N) is 1. The first-order valence-electron chi connectivity index (χ1n) is 5.42. The molecule has 0 aliphatic heterocycles. The van der Waals surface area contributed by atoms with E-state index in [4.69, 9.17) is 40.1 Å². The monoisotopic (exact) mass is 288 g/mol. The van der Waals surface area contributed by atoms with Crippen molar-refractivity contribution in [2.75, 3.05) is 5.32 Å². The molecule has 2 unspecified atom stereocenters. The second kappa shape index (κ2) is 5.35. The Labute approximate surface area is 115 Å². The Balaban J connectivity index is 2.19. The van der Waals surface area contributed by atoms with Crippen LogP contribution < -0.4 is 5.32 Å². The van der Waals surface area contributed by atoms with E-state index < -0.39 is 0 Å². The van der Waals surface area contributed by atoms with Gasteiger partial charge < -0.3 is 5.32 Å². The van der Waals surface area contributed by atoms with Gasteiger partial charge in [-0.05, 0) is 31.4 Å². The smallest absolute Gasteiger partial charge is 0.0677 e. The third-order valence-corrected chi connectivity index (χ3v) is 4.07. The average molecular weight is 290 g/mol. The third-order valence-electron chi connectivity index (χ3n) is 3.03. The molecule has 90 valence electrons. The van der Waals surface area contributed by atoms with E-state index in [0.29, 0.717) is 15.1 Å². The summed E-state index contributed by atoms with van der Waals surface area (Å²) < 4.78 is 0. The Hall–Kier alpha value is -0.620. The maximum absolute atomic E-state index is 9.01. The summed E-state index contributed by atoms with van der Waals surface area (Å²) in [4.78, 5) is 0. The van der Waals surface area contributed by atoms with Gasteiger partial charge in [-0.15, -0.1) is 0 Å². The van der Waals surface area contributed by atoms with Crippen LogP contribution in [-0.4, -0.2) is 6.04 Å². The summed E-state index contributed by atoms with van der Waals surface area (Å²) in [6.07, 6.45) is 2.98. The summed E-state index contributed by atoms with van der Waals surface area (Å²) in [6, 6.07) is 5.79. The molecule has 1 fully saturated rings. The number of hydrogen-bond donors (Lipinski definition) is 1. The van der Waals surface area contributed by atoms with Gasteiger partial charge in [0.1, 0.15) is 0 Å². The Morgan fingerprint density at radius 3 is 2.53 bits per heavy atom. The van der Waals surface area contributed by atoms with Crippen LogP contribution in [0.5, 0.6) is 0 Å². The largest absolute Gasteiger partial charge is 0.380 e. The Bertz CT molecular complexity index is 468. The van der Waals surface area contributed by atoms with Crippen LogP contribution in [0.2, 0.25) is 15.1 Å². The lowest BCUT2D eigenvalue weighted by atomic mass is 10.1. The van der Waals surface area contributed by atoms with Crippen molar-refractivity contribution in [3.8, 4) is 6.07 Å². The minimum absolute atomic E-state index is 0.0421. The number of anilines is 1. The molecule has 1 aliphatic rings. The van der Waals surface area contributed by atoms with Crippen LogP contribution >= 0.6 is 34.8 Å². The Morgan fingerprint density at radius 2 is 1.82 bits per heavy atom.